The molecule has 5 fully saturated rings. The van der Waals surface area contributed by atoms with Gasteiger partial charge in [0.1, 0.15) is 6.04 Å². The Bertz CT molecular complexity index is 380. The minimum Gasteiger partial charge on any atom is -0.480 e. The molecule has 3 heteroatoms. The van der Waals surface area contributed by atoms with E-state index in [1.54, 1.807) is 0 Å². The summed E-state index contributed by atoms with van der Waals surface area (Å²) >= 11 is 0. The third-order valence-electron chi connectivity index (χ3n) is 6.79. The molecule has 5 aliphatic carbocycles. The monoisotopic (exact) mass is 277 g/mol. The van der Waals surface area contributed by atoms with Crippen LogP contribution in [-0.4, -0.2) is 23.2 Å². The molecule has 3 nitrogen and oxygen atoms in total. The lowest BCUT2D eigenvalue weighted by atomic mass is 9.48. The van der Waals surface area contributed by atoms with E-state index in [0.717, 1.165) is 30.6 Å². The largest absolute Gasteiger partial charge is 0.480 e. The topological polar surface area (TPSA) is 49.3 Å². The molecule has 4 bridgehead atoms. The molecule has 5 saturated carbocycles. The lowest BCUT2D eigenvalue weighted by Gasteiger charge is -2.59. The minimum absolute atomic E-state index is 0.294. The molecule has 0 saturated heterocycles. The van der Waals surface area contributed by atoms with Crippen molar-refractivity contribution in [3.05, 3.63) is 0 Å². The van der Waals surface area contributed by atoms with Gasteiger partial charge in [0.25, 0.3) is 0 Å². The number of hydrogen-bond donors (Lipinski definition) is 2. The van der Waals surface area contributed by atoms with Crippen LogP contribution >= 0.6 is 0 Å². The average molecular weight is 277 g/mol. The van der Waals surface area contributed by atoms with Gasteiger partial charge in [-0.2, -0.15) is 0 Å². The zero-order valence-corrected chi connectivity index (χ0v) is 12.5. The Kier molecular flexibility index (Phi) is 2.93. The highest BCUT2D eigenvalue weighted by Crippen LogP contribution is 2.61. The van der Waals surface area contributed by atoms with Crippen molar-refractivity contribution in [1.82, 2.24) is 5.32 Å². The molecule has 0 radical (unpaired) electrons. The van der Waals surface area contributed by atoms with E-state index in [2.05, 4.69) is 12.2 Å². The van der Waals surface area contributed by atoms with Crippen LogP contribution in [-0.2, 0) is 4.79 Å². The molecule has 2 unspecified atom stereocenters. The van der Waals surface area contributed by atoms with E-state index in [1.807, 2.05) is 0 Å². The summed E-state index contributed by atoms with van der Waals surface area (Å²) in [7, 11) is 0. The highest BCUT2D eigenvalue weighted by Gasteiger charge is 2.54. The van der Waals surface area contributed by atoms with Crippen LogP contribution in [0.25, 0.3) is 0 Å². The first-order chi connectivity index (χ1) is 9.56. The number of carboxylic acid groups (broad SMARTS) is 1. The summed E-state index contributed by atoms with van der Waals surface area (Å²) in [6.45, 7) is 2.27. The second-order valence-corrected chi connectivity index (χ2v) is 8.32. The normalized spacial score (nSPS) is 45.4. The smallest absolute Gasteiger partial charge is 0.320 e. The van der Waals surface area contributed by atoms with Gasteiger partial charge in [0.05, 0.1) is 0 Å². The van der Waals surface area contributed by atoms with Crippen molar-refractivity contribution in [3.63, 3.8) is 0 Å². The lowest BCUT2D eigenvalue weighted by Crippen LogP contribution is -2.58. The number of hydrogen-bond acceptors (Lipinski definition) is 2. The van der Waals surface area contributed by atoms with Crippen LogP contribution < -0.4 is 5.32 Å². The minimum atomic E-state index is -0.635. The predicted octanol–water partition coefficient (Wildman–Crippen LogP) is 3.04. The Morgan fingerprint density at radius 3 is 2.00 bits per heavy atom. The zero-order valence-electron chi connectivity index (χ0n) is 12.5. The highest BCUT2D eigenvalue weighted by molar-refractivity contribution is 5.74. The van der Waals surface area contributed by atoms with E-state index in [1.165, 1.54) is 38.5 Å². The third kappa shape index (κ3) is 2.09. The maximum Gasteiger partial charge on any atom is 0.320 e. The fourth-order valence-electron chi connectivity index (χ4n) is 5.99. The molecular weight excluding hydrogens is 250 g/mol. The first-order valence-electron chi connectivity index (χ1n) is 8.54. The van der Waals surface area contributed by atoms with E-state index >= 15 is 0 Å². The molecule has 2 atom stereocenters. The molecule has 0 aromatic rings. The number of carboxylic acids is 1. The van der Waals surface area contributed by atoms with Gasteiger partial charge in [0.15, 0.2) is 0 Å². The van der Waals surface area contributed by atoms with Gasteiger partial charge in [-0.3, -0.25) is 4.79 Å². The number of carbonyl (C=O) groups is 1. The number of rotatable bonds is 5. The lowest BCUT2D eigenvalue weighted by molar-refractivity contribution is -0.141. The van der Waals surface area contributed by atoms with Crippen LogP contribution in [0.15, 0.2) is 0 Å². The number of nitrogens with one attached hydrogen (secondary N) is 1. The van der Waals surface area contributed by atoms with Crippen LogP contribution in [0, 0.1) is 29.1 Å². The fraction of sp³-hybridized carbons (Fsp3) is 0.941. The molecule has 20 heavy (non-hydrogen) atoms. The van der Waals surface area contributed by atoms with Crippen molar-refractivity contribution < 1.29 is 9.90 Å². The van der Waals surface area contributed by atoms with E-state index in [9.17, 15) is 9.90 Å². The maximum atomic E-state index is 11.5. The summed E-state index contributed by atoms with van der Waals surface area (Å²) in [6, 6.07) is 0.0793. The molecule has 5 rings (SSSR count). The van der Waals surface area contributed by atoms with Gasteiger partial charge in [0, 0.05) is 6.04 Å². The van der Waals surface area contributed by atoms with E-state index in [-0.39, 0.29) is 6.04 Å². The average Bonchev–Trinajstić information content (AvgIpc) is 3.17. The Morgan fingerprint density at radius 1 is 1.10 bits per heavy atom. The Balaban J connectivity index is 1.50. The second-order valence-electron chi connectivity index (χ2n) is 8.32. The first-order valence-corrected chi connectivity index (χ1v) is 8.54. The van der Waals surface area contributed by atoms with Crippen LogP contribution in [0.1, 0.15) is 58.3 Å². The van der Waals surface area contributed by atoms with Crippen molar-refractivity contribution >= 4 is 5.97 Å². The summed E-state index contributed by atoms with van der Waals surface area (Å²) in [5.41, 5.74) is 0.414. The summed E-state index contributed by atoms with van der Waals surface area (Å²) in [5, 5.41) is 13.0. The highest BCUT2D eigenvalue weighted by atomic mass is 16.4. The Labute approximate surface area is 121 Å². The standard InChI is InChI=1S/C17H27NO2/c1-10(18-15(16(19)20)14-2-3-14)17-7-11-4-12(8-17)6-13(5-11)9-17/h10-15,18H,2-9H2,1H3,(H,19,20). The fourth-order valence-corrected chi connectivity index (χ4v) is 5.99. The van der Waals surface area contributed by atoms with Gasteiger partial charge in [-0.15, -0.1) is 0 Å². The van der Waals surface area contributed by atoms with Crippen molar-refractivity contribution in [2.45, 2.75) is 70.4 Å². The molecule has 0 heterocycles. The Morgan fingerprint density at radius 2 is 1.60 bits per heavy atom. The molecule has 5 aliphatic rings. The summed E-state index contributed by atoms with van der Waals surface area (Å²) in [5.74, 6) is 2.58. The molecule has 0 aromatic carbocycles. The SMILES string of the molecule is CC(NC(C(=O)O)C1CC1)C12CC3CC(CC(C3)C1)C2. The van der Waals surface area contributed by atoms with Gasteiger partial charge in [-0.25, -0.2) is 0 Å². The van der Waals surface area contributed by atoms with Gasteiger partial charge in [-0.1, -0.05) is 0 Å². The van der Waals surface area contributed by atoms with Gasteiger partial charge < -0.3 is 10.4 Å². The van der Waals surface area contributed by atoms with E-state index in [0.29, 0.717) is 17.4 Å². The molecule has 0 amide bonds. The van der Waals surface area contributed by atoms with Crippen LogP contribution in [0.2, 0.25) is 0 Å². The van der Waals surface area contributed by atoms with Crippen LogP contribution in [0.4, 0.5) is 0 Å². The summed E-state index contributed by atoms with van der Waals surface area (Å²) < 4.78 is 0. The van der Waals surface area contributed by atoms with Crippen molar-refractivity contribution in [1.29, 1.82) is 0 Å². The first kappa shape index (κ1) is 13.1. The molecule has 0 aliphatic heterocycles. The number of aliphatic carboxylic acids is 1. The van der Waals surface area contributed by atoms with E-state index in [4.69, 9.17) is 0 Å². The maximum absolute atomic E-state index is 11.5. The predicted molar refractivity (Wildman–Crippen MR) is 77.4 cm³/mol. The molecule has 112 valence electrons. The van der Waals surface area contributed by atoms with Crippen LogP contribution in [0.5, 0.6) is 0 Å². The van der Waals surface area contributed by atoms with Crippen molar-refractivity contribution in [2.24, 2.45) is 29.1 Å². The van der Waals surface area contributed by atoms with Gasteiger partial charge >= 0.3 is 5.97 Å². The van der Waals surface area contributed by atoms with Gasteiger partial charge in [0.2, 0.25) is 0 Å². The molecular formula is C17H27NO2. The summed E-state index contributed by atoms with van der Waals surface area (Å²) in [6.07, 6.45) is 10.6. The van der Waals surface area contributed by atoms with Crippen molar-refractivity contribution in [2.75, 3.05) is 0 Å². The van der Waals surface area contributed by atoms with E-state index < -0.39 is 5.97 Å². The molecule has 2 N–H and O–H groups in total. The Hall–Kier alpha value is -0.570. The third-order valence-corrected chi connectivity index (χ3v) is 6.79. The van der Waals surface area contributed by atoms with Gasteiger partial charge in [-0.05, 0) is 87.4 Å². The van der Waals surface area contributed by atoms with Crippen molar-refractivity contribution in [3.8, 4) is 0 Å². The zero-order chi connectivity index (χ0) is 13.9. The quantitative estimate of drug-likeness (QED) is 0.812. The molecule has 0 aromatic heterocycles. The van der Waals surface area contributed by atoms with Crippen LogP contribution in [0.3, 0.4) is 0 Å². The molecule has 0 spiro atoms. The summed E-state index contributed by atoms with van der Waals surface area (Å²) in [4.78, 5) is 11.5. The second kappa shape index (κ2) is 4.46.